The van der Waals surface area contributed by atoms with E-state index in [2.05, 4.69) is 10.6 Å². The van der Waals surface area contributed by atoms with Crippen LogP contribution in [0.15, 0.2) is 88.7 Å². The van der Waals surface area contributed by atoms with Gasteiger partial charge in [0.2, 0.25) is 0 Å². The second kappa shape index (κ2) is 13.3. The Hall–Kier alpha value is -4.12. The number of carboxylic acid groups (broad SMARTS) is 1. The Morgan fingerprint density at radius 1 is 0.975 bits per heavy atom. The number of pyridine rings is 2. The Labute approximate surface area is 252 Å². The number of rotatable bonds is 8. The molecule has 11 heteroatoms. The predicted octanol–water partition coefficient (Wildman–Crippen LogP) is 3.39. The van der Waals surface area contributed by atoms with Crippen LogP contribution in [-0.2, 0) is 11.3 Å². The number of hydrogen-bond donors (Lipinski definition) is 4. The third kappa shape index (κ3) is 6.71. The fourth-order valence-corrected chi connectivity index (χ4v) is 4.30. The van der Waals surface area contributed by atoms with E-state index in [9.17, 15) is 29.4 Å². The molecule has 1 unspecified atom stereocenters. The summed E-state index contributed by atoms with van der Waals surface area (Å²) in [6.07, 6.45) is 2.63. The van der Waals surface area contributed by atoms with Crippen LogP contribution < -0.4 is 21.8 Å². The van der Waals surface area contributed by atoms with Crippen LogP contribution in [-0.4, -0.2) is 60.9 Å². The molecule has 0 spiro atoms. The van der Waals surface area contributed by atoms with Gasteiger partial charge in [-0.15, -0.1) is 0 Å². The van der Waals surface area contributed by atoms with Gasteiger partial charge in [0.05, 0.1) is 12.5 Å². The van der Waals surface area contributed by atoms with Gasteiger partial charge in [0, 0.05) is 35.8 Å². The summed E-state index contributed by atoms with van der Waals surface area (Å²) in [5.74, 6) is -1.53. The van der Waals surface area contributed by atoms with Crippen molar-refractivity contribution in [1.29, 1.82) is 0 Å². The fourth-order valence-electron chi connectivity index (χ4n) is 4.30. The maximum absolute atomic E-state index is 13.3. The average Bonchev–Trinajstić information content (AvgIpc) is 2.93. The number of carbonyl (C=O) groups excluding carboxylic acids is 1. The van der Waals surface area contributed by atoms with Crippen molar-refractivity contribution >= 4 is 47.2 Å². The molecule has 202 valence electrons. The van der Waals surface area contributed by atoms with Crippen molar-refractivity contribution in [1.82, 2.24) is 14.5 Å². The van der Waals surface area contributed by atoms with Crippen LogP contribution in [0, 0.1) is 6.92 Å². The van der Waals surface area contributed by atoms with Crippen LogP contribution in [0.25, 0.3) is 16.8 Å². The quantitative estimate of drug-likeness (QED) is 0.247. The van der Waals surface area contributed by atoms with Gasteiger partial charge in [-0.3, -0.25) is 19.0 Å². The summed E-state index contributed by atoms with van der Waals surface area (Å²) >= 11 is 0. The summed E-state index contributed by atoms with van der Waals surface area (Å²) in [5.41, 5.74) is 1.41. The first kappa shape index (κ1) is 30.4. The maximum atomic E-state index is 13.3. The van der Waals surface area contributed by atoms with Gasteiger partial charge in [0.1, 0.15) is 5.75 Å². The molecule has 4 rings (SSSR count). The van der Waals surface area contributed by atoms with E-state index < -0.39 is 30.0 Å². The molecule has 0 aliphatic carbocycles. The normalized spacial score (nSPS) is 11.2. The van der Waals surface area contributed by atoms with Gasteiger partial charge >= 0.3 is 41.6 Å². The van der Waals surface area contributed by atoms with Crippen LogP contribution >= 0.6 is 0 Å². The zero-order valence-electron chi connectivity index (χ0n) is 21.4. The molecule has 2 amide bonds. The molecule has 0 radical (unpaired) electrons. The van der Waals surface area contributed by atoms with E-state index in [-0.39, 0.29) is 46.6 Å². The van der Waals surface area contributed by atoms with Gasteiger partial charge in [0.15, 0.2) is 5.69 Å². The van der Waals surface area contributed by atoms with Crippen LogP contribution in [0.5, 0.6) is 5.75 Å². The molecule has 0 aliphatic heterocycles. The Balaban J connectivity index is 0.00000441. The molecule has 10 nitrogen and oxygen atoms in total. The molecule has 0 aliphatic rings. The Kier molecular flexibility index (Phi) is 10.1. The monoisotopic (exact) mass is 552 g/mol. The molecule has 0 saturated heterocycles. The summed E-state index contributed by atoms with van der Waals surface area (Å²) in [6, 6.07) is 17.4. The number of aliphatic carboxylic acids is 1. The molecular formula is C29H29N4NaO6. The minimum atomic E-state index is -1.17. The van der Waals surface area contributed by atoms with Gasteiger partial charge in [-0.25, -0.2) is 4.79 Å². The number of amides is 2. The molecule has 0 saturated carbocycles. The van der Waals surface area contributed by atoms with E-state index in [0.29, 0.717) is 28.9 Å². The summed E-state index contributed by atoms with van der Waals surface area (Å²) in [7, 11) is 0. The van der Waals surface area contributed by atoms with Gasteiger partial charge < -0.3 is 25.4 Å². The number of carbonyl (C=O) groups is 2. The number of aryl methyl sites for hydroxylation is 2. The van der Waals surface area contributed by atoms with Gasteiger partial charge in [0.25, 0.3) is 11.1 Å². The number of nitrogens with zero attached hydrogens (tertiary/aromatic N) is 2. The number of hydrogen-bond acceptors (Lipinski definition) is 5. The fraction of sp³-hybridized carbons (Fsp3) is 0.172. The van der Waals surface area contributed by atoms with Crippen LogP contribution in [0.1, 0.15) is 30.5 Å². The van der Waals surface area contributed by atoms with Crippen molar-refractivity contribution in [2.24, 2.45) is 0 Å². The zero-order chi connectivity index (χ0) is 28.1. The van der Waals surface area contributed by atoms with Gasteiger partial charge in [-0.05, 0) is 49.2 Å². The van der Waals surface area contributed by atoms with Crippen LogP contribution in [0.3, 0.4) is 0 Å². The topological polar surface area (TPSA) is 143 Å². The molecule has 2 aromatic carbocycles. The van der Waals surface area contributed by atoms with Crippen molar-refractivity contribution in [2.45, 2.75) is 32.9 Å². The molecule has 40 heavy (non-hydrogen) atoms. The third-order valence-electron chi connectivity index (χ3n) is 6.28. The summed E-state index contributed by atoms with van der Waals surface area (Å²) in [5, 5.41) is 24.8. The predicted molar refractivity (Wildman–Crippen MR) is 155 cm³/mol. The number of aromatic hydroxyl groups is 1. The Morgan fingerprint density at radius 2 is 1.70 bits per heavy atom. The van der Waals surface area contributed by atoms with Gasteiger partial charge in [-0.1, -0.05) is 42.5 Å². The van der Waals surface area contributed by atoms with Crippen LogP contribution in [0.4, 0.5) is 10.5 Å². The number of aromatic nitrogens is 2. The number of benzene rings is 2. The first-order valence-corrected chi connectivity index (χ1v) is 12.3. The number of urea groups is 1. The van der Waals surface area contributed by atoms with E-state index in [4.69, 9.17) is 0 Å². The van der Waals surface area contributed by atoms with Crippen molar-refractivity contribution < 1.29 is 19.8 Å². The summed E-state index contributed by atoms with van der Waals surface area (Å²) in [6.45, 7) is 3.67. The second-order valence-electron chi connectivity index (χ2n) is 8.93. The first-order valence-electron chi connectivity index (χ1n) is 12.3. The first-order chi connectivity index (χ1) is 18.7. The van der Waals surface area contributed by atoms with Crippen molar-refractivity contribution in [3.63, 3.8) is 0 Å². The van der Waals surface area contributed by atoms with E-state index >= 15 is 0 Å². The van der Waals surface area contributed by atoms with Gasteiger partial charge in [-0.2, -0.15) is 0 Å². The van der Waals surface area contributed by atoms with Crippen molar-refractivity contribution in [3.05, 3.63) is 111 Å². The number of anilines is 1. The minimum absolute atomic E-state index is 0. The Morgan fingerprint density at radius 3 is 2.38 bits per heavy atom. The van der Waals surface area contributed by atoms with Crippen LogP contribution in [0.2, 0.25) is 0 Å². The third-order valence-corrected chi connectivity index (χ3v) is 6.28. The van der Waals surface area contributed by atoms with E-state index in [1.165, 1.54) is 15.3 Å². The molecule has 2 heterocycles. The van der Waals surface area contributed by atoms with E-state index in [0.717, 1.165) is 5.56 Å². The molecule has 4 N–H and O–H groups in total. The van der Waals surface area contributed by atoms with E-state index in [1.54, 1.807) is 56.4 Å². The zero-order valence-corrected chi connectivity index (χ0v) is 21.4. The standard InChI is InChI=1S/C29H28N4O6.Na.H/c1-3-32-17-18(2)26(36)25(28(32)38)31-29(39)30-23(16-24(34)35)20-11-7-12-21(15-20)33-14-8-13-22(27(33)37)19-9-5-4-6-10-19;;/h4-15,17,23,36H,3,16H2,1-2H3,(H,34,35)(H2,30,31,39);;. The molecule has 4 aromatic rings. The van der Waals surface area contributed by atoms with Crippen molar-refractivity contribution in [2.75, 3.05) is 5.32 Å². The molecule has 2 aromatic heterocycles. The van der Waals surface area contributed by atoms with Crippen molar-refractivity contribution in [3.8, 4) is 22.6 Å². The average molecular weight is 553 g/mol. The van der Waals surface area contributed by atoms with E-state index in [1.807, 2.05) is 30.3 Å². The molecular weight excluding hydrogens is 523 g/mol. The number of carboxylic acids is 1. The second-order valence-corrected chi connectivity index (χ2v) is 8.93. The molecule has 1 atom stereocenters. The SMILES string of the molecule is CCn1cc(C)c(O)c(NC(=O)NC(CC(=O)O)c2cccc(-n3cccc(-c4ccccc4)c3=O)c2)c1=O.[NaH]. The molecule has 0 bridgehead atoms. The number of nitrogens with one attached hydrogen (secondary N) is 2. The Bertz CT molecular complexity index is 1650. The summed E-state index contributed by atoms with van der Waals surface area (Å²) in [4.78, 5) is 50.5. The molecule has 0 fully saturated rings. The summed E-state index contributed by atoms with van der Waals surface area (Å²) < 4.78 is 2.78.